The predicted molar refractivity (Wildman–Crippen MR) is 81.0 cm³/mol. The van der Waals surface area contributed by atoms with E-state index >= 15 is 0 Å². The van der Waals surface area contributed by atoms with Crippen molar-refractivity contribution in [1.29, 1.82) is 0 Å². The topological polar surface area (TPSA) is 41.8 Å². The van der Waals surface area contributed by atoms with Crippen LogP contribution < -0.4 is 4.74 Å². The molecule has 0 aliphatic heterocycles. The number of aromatic hydroxyl groups is 1. The monoisotopic (exact) mass is 393 g/mol. The molecule has 0 unspecified atom stereocenters. The molecule has 0 spiro atoms. The van der Waals surface area contributed by atoms with Crippen LogP contribution in [0.2, 0.25) is 0 Å². The van der Waals surface area contributed by atoms with Crippen molar-refractivity contribution in [2.75, 3.05) is 7.11 Å². The van der Waals surface area contributed by atoms with Gasteiger partial charge in [-0.1, -0.05) is 12.8 Å². The number of benzene rings is 1. The van der Waals surface area contributed by atoms with Crippen LogP contribution in [0, 0.1) is 6.92 Å². The molecule has 0 heterocycles. The Hall–Kier alpha value is -0.0469. The summed E-state index contributed by atoms with van der Waals surface area (Å²) in [6, 6.07) is 4.07. The average Bonchev–Trinajstić information content (AvgIpc) is 2.94. The van der Waals surface area contributed by atoms with E-state index < -0.39 is 20.8 Å². The minimum absolute atomic E-state index is 0.299. The van der Waals surface area contributed by atoms with Gasteiger partial charge in [0.25, 0.3) is 0 Å². The van der Waals surface area contributed by atoms with Crippen molar-refractivity contribution < 1.29 is 30.7 Å². The molecule has 0 aromatic heterocycles. The molecule has 1 aromatic carbocycles. The van der Waals surface area contributed by atoms with Crippen LogP contribution in [0.15, 0.2) is 17.1 Å². The molecule has 0 saturated heterocycles. The first-order valence-corrected chi connectivity index (χ1v) is 12.8. The van der Waals surface area contributed by atoms with E-state index in [0.717, 1.165) is 16.9 Å². The van der Waals surface area contributed by atoms with E-state index in [9.17, 15) is 5.11 Å². The molecule has 110 valence electrons. The number of phenols is 1. The molecule has 3 nitrogen and oxygen atoms in total. The molecular weight excluding hydrogens is 376 g/mol. The van der Waals surface area contributed by atoms with Gasteiger partial charge in [0.1, 0.15) is 11.5 Å². The van der Waals surface area contributed by atoms with Crippen LogP contribution in [-0.4, -0.2) is 24.5 Å². The molecule has 1 N–H and O–H groups in total. The van der Waals surface area contributed by atoms with E-state index in [4.69, 9.17) is 21.8 Å². The fraction of sp³-hybridized carbons (Fsp3) is 0.500. The molecule has 1 saturated carbocycles. The SMILES string of the molecule is COc1cc(C)c(O)c(C=NC2CCCC2)c1.[Cl][Zr][Cl]. The Labute approximate surface area is 139 Å². The summed E-state index contributed by atoms with van der Waals surface area (Å²) in [5.74, 6) is 1.06. The van der Waals surface area contributed by atoms with Gasteiger partial charge in [-0.15, -0.1) is 0 Å². The molecule has 0 amide bonds. The van der Waals surface area contributed by atoms with Crippen molar-refractivity contribution >= 4 is 23.2 Å². The van der Waals surface area contributed by atoms with Crippen molar-refractivity contribution in [2.24, 2.45) is 4.99 Å². The summed E-state index contributed by atoms with van der Waals surface area (Å²) in [6.07, 6.45) is 6.65. The van der Waals surface area contributed by atoms with Crippen molar-refractivity contribution in [3.05, 3.63) is 23.3 Å². The summed E-state index contributed by atoms with van der Waals surface area (Å²) in [7, 11) is 11.5. The van der Waals surface area contributed by atoms with Gasteiger partial charge >= 0.3 is 37.9 Å². The van der Waals surface area contributed by atoms with E-state index in [1.807, 2.05) is 19.1 Å². The first-order valence-electron chi connectivity index (χ1n) is 6.49. The standard InChI is InChI=1S/C14H19NO2.2ClH.Zr/c1-10-7-13(17-2)8-11(14(10)16)9-15-12-5-3-4-6-12;;;/h7-9,12,16H,3-6H2,1-2H3;2*1H;/q;;;+2/p-2. The van der Waals surface area contributed by atoms with Gasteiger partial charge in [-0.2, -0.15) is 0 Å². The van der Waals surface area contributed by atoms with Crippen molar-refractivity contribution in [3.63, 3.8) is 0 Å². The maximum absolute atomic E-state index is 9.94. The average molecular weight is 395 g/mol. The Morgan fingerprint density at radius 3 is 2.50 bits per heavy atom. The fourth-order valence-electron chi connectivity index (χ4n) is 2.23. The van der Waals surface area contributed by atoms with Crippen LogP contribution >= 0.6 is 17.0 Å². The number of methoxy groups -OCH3 is 1. The number of hydrogen-bond acceptors (Lipinski definition) is 3. The zero-order valence-electron chi connectivity index (χ0n) is 11.7. The van der Waals surface area contributed by atoms with Gasteiger partial charge in [0.05, 0.1) is 7.11 Å². The van der Waals surface area contributed by atoms with E-state index in [1.165, 1.54) is 25.7 Å². The fourth-order valence-corrected chi connectivity index (χ4v) is 2.23. The Kier molecular flexibility index (Phi) is 8.83. The summed E-state index contributed by atoms with van der Waals surface area (Å²) in [6.45, 7) is 1.87. The number of hydrogen-bond donors (Lipinski definition) is 1. The molecule has 1 aliphatic carbocycles. The predicted octanol–water partition coefficient (Wildman–Crippen LogP) is 4.45. The normalized spacial score (nSPS) is 15.0. The molecule has 1 aliphatic rings. The number of halogens is 2. The van der Waals surface area contributed by atoms with Gasteiger partial charge in [0.2, 0.25) is 0 Å². The first-order chi connectivity index (χ1) is 9.62. The molecule has 1 fully saturated rings. The summed E-state index contributed by atoms with van der Waals surface area (Å²) in [4.78, 5) is 4.53. The van der Waals surface area contributed by atoms with Crippen molar-refractivity contribution in [3.8, 4) is 11.5 Å². The molecule has 20 heavy (non-hydrogen) atoms. The summed E-state index contributed by atoms with van der Waals surface area (Å²) in [5.41, 5.74) is 1.56. The quantitative estimate of drug-likeness (QED) is 0.769. The van der Waals surface area contributed by atoms with Crippen LogP contribution in [0.3, 0.4) is 0 Å². The van der Waals surface area contributed by atoms with Crippen molar-refractivity contribution in [2.45, 2.75) is 38.6 Å². The molecular formula is C14H19Cl2NO2Zr. The number of rotatable bonds is 3. The Balaban J connectivity index is 0.000000612. The van der Waals surface area contributed by atoms with Crippen LogP contribution in [-0.2, 0) is 20.8 Å². The zero-order valence-corrected chi connectivity index (χ0v) is 15.7. The second kappa shape index (κ2) is 9.81. The molecule has 0 atom stereocenters. The second-order valence-corrected chi connectivity index (χ2v) is 8.40. The third kappa shape index (κ3) is 5.75. The molecule has 2 rings (SSSR count). The number of nitrogens with zero attached hydrogens (tertiary/aromatic N) is 1. The first kappa shape index (κ1) is 18.0. The van der Waals surface area contributed by atoms with Crippen LogP contribution in [0.1, 0.15) is 36.8 Å². The van der Waals surface area contributed by atoms with Gasteiger partial charge in [-0.05, 0) is 37.5 Å². The van der Waals surface area contributed by atoms with E-state index in [0.29, 0.717) is 11.8 Å². The third-order valence-corrected chi connectivity index (χ3v) is 3.29. The van der Waals surface area contributed by atoms with Gasteiger partial charge < -0.3 is 9.84 Å². The molecule has 1 aromatic rings. The summed E-state index contributed by atoms with van der Waals surface area (Å²) < 4.78 is 5.19. The van der Waals surface area contributed by atoms with E-state index in [-0.39, 0.29) is 0 Å². The molecule has 0 radical (unpaired) electrons. The second-order valence-electron chi connectivity index (χ2n) is 4.67. The molecule has 6 heteroatoms. The number of aliphatic imine (C=N–C) groups is 1. The van der Waals surface area contributed by atoms with Crippen LogP contribution in [0.25, 0.3) is 0 Å². The van der Waals surface area contributed by atoms with Gasteiger partial charge in [-0.25, -0.2) is 0 Å². The van der Waals surface area contributed by atoms with Crippen molar-refractivity contribution in [1.82, 2.24) is 0 Å². The number of aryl methyl sites for hydroxylation is 1. The van der Waals surface area contributed by atoms with Gasteiger partial charge in [-0.3, -0.25) is 4.99 Å². The number of ether oxygens (including phenoxy) is 1. The molecule has 0 bridgehead atoms. The Morgan fingerprint density at radius 2 is 1.95 bits per heavy atom. The maximum atomic E-state index is 9.94. The number of phenolic OH excluding ortho intramolecular Hbond substituents is 1. The van der Waals surface area contributed by atoms with Crippen LogP contribution in [0.5, 0.6) is 11.5 Å². The Bertz CT molecular complexity index is 449. The zero-order chi connectivity index (χ0) is 15.0. The summed E-state index contributed by atoms with van der Waals surface area (Å²) in [5, 5.41) is 9.94. The van der Waals surface area contributed by atoms with Crippen LogP contribution in [0.4, 0.5) is 0 Å². The van der Waals surface area contributed by atoms with Gasteiger partial charge in [0.15, 0.2) is 0 Å². The van der Waals surface area contributed by atoms with E-state index in [1.54, 1.807) is 13.3 Å². The minimum atomic E-state index is -0.826. The van der Waals surface area contributed by atoms with Gasteiger partial charge in [0, 0.05) is 17.8 Å². The Morgan fingerprint density at radius 1 is 1.35 bits per heavy atom. The summed E-state index contributed by atoms with van der Waals surface area (Å²) >= 11 is -0.826. The van der Waals surface area contributed by atoms with E-state index in [2.05, 4.69) is 4.99 Å². The third-order valence-electron chi connectivity index (χ3n) is 3.29.